The molecule has 0 aliphatic rings. The number of aryl methyl sites for hydroxylation is 1. The maximum absolute atomic E-state index is 12.1. The first-order valence-electron chi connectivity index (χ1n) is 6.77. The van der Waals surface area contributed by atoms with Crippen LogP contribution in [0.2, 0.25) is 0 Å². The van der Waals surface area contributed by atoms with Crippen LogP contribution in [0.1, 0.15) is 21.2 Å². The average molecular weight is 317 g/mol. The molecule has 8 heteroatoms. The van der Waals surface area contributed by atoms with E-state index < -0.39 is 0 Å². The van der Waals surface area contributed by atoms with Gasteiger partial charge >= 0.3 is 0 Å². The third-order valence-electron chi connectivity index (χ3n) is 3.20. The number of hydrogen-bond acceptors (Lipinski definition) is 6. The van der Waals surface area contributed by atoms with Crippen LogP contribution in [0.4, 0.5) is 0 Å². The van der Waals surface area contributed by atoms with Crippen LogP contribution in [0.15, 0.2) is 24.3 Å². The van der Waals surface area contributed by atoms with Crippen molar-refractivity contribution in [3.05, 3.63) is 40.7 Å². The lowest BCUT2D eigenvalue weighted by atomic mass is 10.1. The molecule has 0 bridgehead atoms. The Hall–Kier alpha value is -2.48. The molecule has 0 fully saturated rings. The lowest BCUT2D eigenvalue weighted by molar-refractivity contribution is 0.0952. The highest BCUT2D eigenvalue weighted by Gasteiger charge is 2.14. The average Bonchev–Trinajstić information content (AvgIpc) is 3.10. The molecule has 0 saturated carbocycles. The van der Waals surface area contributed by atoms with Crippen LogP contribution in [-0.2, 0) is 6.42 Å². The number of benzene rings is 1. The number of carbonyl (C=O) groups is 1. The quantitative estimate of drug-likeness (QED) is 0.771. The molecule has 3 aromatic rings. The van der Waals surface area contributed by atoms with Gasteiger partial charge in [0.1, 0.15) is 5.75 Å². The highest BCUT2D eigenvalue weighted by atomic mass is 32.1. The topological polar surface area (TPSA) is 81.4 Å². The molecule has 0 radical (unpaired) electrons. The lowest BCUT2D eigenvalue weighted by Crippen LogP contribution is -2.25. The number of hydrogen-bond donors (Lipinski definition) is 1. The molecule has 0 aliphatic heterocycles. The van der Waals surface area contributed by atoms with Crippen LogP contribution in [0.5, 0.6) is 5.75 Å². The molecule has 0 saturated heterocycles. The fourth-order valence-corrected chi connectivity index (χ4v) is 2.80. The van der Waals surface area contributed by atoms with E-state index in [0.29, 0.717) is 22.3 Å². The maximum atomic E-state index is 12.1. The number of aromatic nitrogens is 4. The van der Waals surface area contributed by atoms with E-state index in [2.05, 4.69) is 20.6 Å². The zero-order chi connectivity index (χ0) is 15.5. The number of rotatable bonds is 5. The van der Waals surface area contributed by atoms with Gasteiger partial charge in [-0.25, -0.2) is 0 Å². The van der Waals surface area contributed by atoms with Crippen molar-refractivity contribution in [2.75, 3.05) is 13.7 Å². The van der Waals surface area contributed by atoms with Crippen molar-refractivity contribution in [3.8, 4) is 5.75 Å². The van der Waals surface area contributed by atoms with E-state index in [1.165, 1.54) is 11.3 Å². The predicted octanol–water partition coefficient (Wildman–Crippen LogP) is 1.48. The Balaban J connectivity index is 1.57. The summed E-state index contributed by atoms with van der Waals surface area (Å²) in [7, 11) is 1.64. The van der Waals surface area contributed by atoms with E-state index in [1.807, 2.05) is 24.3 Å². The number of methoxy groups -OCH3 is 1. The molecular weight excluding hydrogens is 302 g/mol. The lowest BCUT2D eigenvalue weighted by Gasteiger charge is -2.04. The van der Waals surface area contributed by atoms with Gasteiger partial charge in [-0.3, -0.25) is 4.79 Å². The van der Waals surface area contributed by atoms with Crippen molar-refractivity contribution >= 4 is 22.2 Å². The van der Waals surface area contributed by atoms with Gasteiger partial charge in [0.25, 0.3) is 5.91 Å². The SMILES string of the molecule is COc1ccc(CCNC(=O)c2nn3c(C)nnc3s2)cc1. The monoisotopic (exact) mass is 317 g/mol. The number of carbonyl (C=O) groups excluding carboxylic acids is 1. The number of fused-ring (bicyclic) bond motifs is 1. The second kappa shape index (κ2) is 6.10. The summed E-state index contributed by atoms with van der Waals surface area (Å²) < 4.78 is 6.68. The molecule has 3 rings (SSSR count). The first kappa shape index (κ1) is 14.5. The van der Waals surface area contributed by atoms with Gasteiger partial charge in [-0.2, -0.15) is 4.52 Å². The molecule has 7 nitrogen and oxygen atoms in total. The molecule has 0 unspecified atom stereocenters. The normalized spacial score (nSPS) is 10.8. The van der Waals surface area contributed by atoms with Crippen LogP contribution in [-0.4, -0.2) is 39.4 Å². The third-order valence-corrected chi connectivity index (χ3v) is 4.10. The fourth-order valence-electron chi connectivity index (χ4n) is 1.99. The molecule has 22 heavy (non-hydrogen) atoms. The van der Waals surface area contributed by atoms with E-state index in [1.54, 1.807) is 18.5 Å². The highest BCUT2D eigenvalue weighted by Crippen LogP contribution is 2.14. The molecular formula is C14H15N5O2S. The highest BCUT2D eigenvalue weighted by molar-refractivity contribution is 7.18. The van der Waals surface area contributed by atoms with Gasteiger partial charge in [0, 0.05) is 6.54 Å². The first-order chi connectivity index (χ1) is 10.7. The summed E-state index contributed by atoms with van der Waals surface area (Å²) in [5.74, 6) is 1.30. The summed E-state index contributed by atoms with van der Waals surface area (Å²) in [6, 6.07) is 7.78. The summed E-state index contributed by atoms with van der Waals surface area (Å²) in [5.41, 5.74) is 1.13. The van der Waals surface area contributed by atoms with E-state index in [-0.39, 0.29) is 5.91 Å². The molecule has 1 aromatic carbocycles. The number of nitrogens with zero attached hydrogens (tertiary/aromatic N) is 4. The molecule has 1 amide bonds. The number of amides is 1. The minimum Gasteiger partial charge on any atom is -0.497 e. The standard InChI is InChI=1S/C14H15N5O2S/c1-9-16-17-14-19(9)18-13(22-14)12(20)15-8-7-10-3-5-11(21-2)6-4-10/h3-6H,7-8H2,1-2H3,(H,15,20). The van der Waals surface area contributed by atoms with Crippen molar-refractivity contribution in [2.24, 2.45) is 0 Å². The minimum atomic E-state index is -0.191. The molecule has 114 valence electrons. The summed E-state index contributed by atoms with van der Waals surface area (Å²) >= 11 is 1.23. The van der Waals surface area contributed by atoms with Crippen molar-refractivity contribution in [3.63, 3.8) is 0 Å². The molecule has 0 atom stereocenters. The zero-order valence-electron chi connectivity index (χ0n) is 12.2. The van der Waals surface area contributed by atoms with Crippen molar-refractivity contribution in [1.82, 2.24) is 25.1 Å². The van der Waals surface area contributed by atoms with E-state index in [0.717, 1.165) is 17.7 Å². The van der Waals surface area contributed by atoms with Gasteiger partial charge in [0.15, 0.2) is 5.82 Å². The van der Waals surface area contributed by atoms with Crippen LogP contribution in [0, 0.1) is 6.92 Å². The largest absolute Gasteiger partial charge is 0.497 e. The Bertz CT molecular complexity index is 793. The Morgan fingerprint density at radius 1 is 1.32 bits per heavy atom. The Labute approximate surface area is 130 Å². The van der Waals surface area contributed by atoms with Crippen LogP contribution >= 0.6 is 11.3 Å². The van der Waals surface area contributed by atoms with Crippen molar-refractivity contribution in [2.45, 2.75) is 13.3 Å². The Morgan fingerprint density at radius 2 is 2.09 bits per heavy atom. The Kier molecular flexibility index (Phi) is 4.01. The summed E-state index contributed by atoms with van der Waals surface area (Å²) in [4.78, 5) is 12.7. The summed E-state index contributed by atoms with van der Waals surface area (Å²) in [6.45, 7) is 2.34. The Morgan fingerprint density at radius 3 is 2.77 bits per heavy atom. The second-order valence-corrected chi connectivity index (χ2v) is 5.66. The van der Waals surface area contributed by atoms with Gasteiger partial charge in [0.2, 0.25) is 9.97 Å². The predicted molar refractivity (Wildman–Crippen MR) is 82.4 cm³/mol. The maximum Gasteiger partial charge on any atom is 0.282 e. The van der Waals surface area contributed by atoms with E-state index in [9.17, 15) is 4.79 Å². The van der Waals surface area contributed by atoms with Gasteiger partial charge in [0.05, 0.1) is 7.11 Å². The zero-order valence-corrected chi connectivity index (χ0v) is 13.1. The van der Waals surface area contributed by atoms with Crippen LogP contribution < -0.4 is 10.1 Å². The summed E-state index contributed by atoms with van der Waals surface area (Å²) in [5, 5.41) is 15.3. The third kappa shape index (κ3) is 2.91. The smallest absolute Gasteiger partial charge is 0.282 e. The first-order valence-corrected chi connectivity index (χ1v) is 7.59. The number of ether oxygens (including phenoxy) is 1. The van der Waals surface area contributed by atoms with Crippen molar-refractivity contribution in [1.29, 1.82) is 0 Å². The van der Waals surface area contributed by atoms with Gasteiger partial charge < -0.3 is 10.1 Å². The van der Waals surface area contributed by atoms with Crippen LogP contribution in [0.3, 0.4) is 0 Å². The summed E-state index contributed by atoms with van der Waals surface area (Å²) in [6.07, 6.45) is 0.749. The van der Waals surface area contributed by atoms with Gasteiger partial charge in [-0.05, 0) is 31.0 Å². The molecule has 0 spiro atoms. The van der Waals surface area contributed by atoms with Gasteiger partial charge in [-0.15, -0.1) is 15.3 Å². The second-order valence-electron chi connectivity index (χ2n) is 4.70. The molecule has 2 heterocycles. The van der Waals surface area contributed by atoms with Gasteiger partial charge in [-0.1, -0.05) is 23.5 Å². The van der Waals surface area contributed by atoms with Crippen molar-refractivity contribution < 1.29 is 9.53 Å². The molecule has 0 aliphatic carbocycles. The molecule has 1 N–H and O–H groups in total. The van der Waals surface area contributed by atoms with Crippen LogP contribution in [0.25, 0.3) is 4.96 Å². The minimum absolute atomic E-state index is 0.191. The number of nitrogens with one attached hydrogen (secondary N) is 1. The van der Waals surface area contributed by atoms with E-state index in [4.69, 9.17) is 4.74 Å². The van der Waals surface area contributed by atoms with E-state index >= 15 is 0 Å². The molecule has 2 aromatic heterocycles. The fraction of sp³-hybridized carbons (Fsp3) is 0.286.